The highest BCUT2D eigenvalue weighted by Crippen LogP contribution is 2.43. The maximum Gasteiger partial charge on any atom is 0.123 e. The van der Waals surface area contributed by atoms with E-state index in [-0.39, 0.29) is 11.7 Å². The Kier molecular flexibility index (Phi) is 3.30. The molecule has 1 N–H and O–H groups in total. The van der Waals surface area contributed by atoms with Gasteiger partial charge in [0.2, 0.25) is 0 Å². The number of hydrogen-bond acceptors (Lipinski definition) is 2. The molecule has 2 atom stereocenters. The van der Waals surface area contributed by atoms with Crippen molar-refractivity contribution >= 4 is 0 Å². The predicted molar refractivity (Wildman–Crippen MR) is 75.9 cm³/mol. The summed E-state index contributed by atoms with van der Waals surface area (Å²) in [5.74, 6) is -0.329. The normalized spacial score (nSPS) is 21.1. The lowest BCUT2D eigenvalue weighted by Gasteiger charge is -2.36. The Labute approximate surface area is 118 Å². The van der Waals surface area contributed by atoms with Crippen LogP contribution in [0.25, 0.3) is 0 Å². The van der Waals surface area contributed by atoms with Gasteiger partial charge in [0.15, 0.2) is 0 Å². The molecule has 3 rings (SSSR count). The van der Waals surface area contributed by atoms with Gasteiger partial charge in [-0.05, 0) is 55.5 Å². The zero-order chi connectivity index (χ0) is 14.2. The number of benzene rings is 1. The monoisotopic (exact) mass is 271 g/mol. The number of aryl methyl sites for hydroxylation is 1. The van der Waals surface area contributed by atoms with Gasteiger partial charge in [-0.1, -0.05) is 18.2 Å². The molecule has 2 aromatic rings. The molecule has 0 aliphatic heterocycles. The van der Waals surface area contributed by atoms with E-state index in [1.165, 1.54) is 17.7 Å². The fourth-order valence-electron chi connectivity index (χ4n) is 3.15. The summed E-state index contributed by atoms with van der Waals surface area (Å²) in [5.41, 5.74) is 1.90. The number of fused-ring (bicyclic) bond motifs is 1. The van der Waals surface area contributed by atoms with Gasteiger partial charge in [0.25, 0.3) is 0 Å². The van der Waals surface area contributed by atoms with Gasteiger partial charge in [-0.3, -0.25) is 4.98 Å². The van der Waals surface area contributed by atoms with Crippen LogP contribution in [0.4, 0.5) is 4.39 Å². The summed E-state index contributed by atoms with van der Waals surface area (Å²) in [6.07, 6.45) is 4.73. The minimum Gasteiger partial charge on any atom is -0.385 e. The standard InChI is InChI=1S/C17H18FNO/c1-17(20,13-7-9-14(18)10-8-13)15-6-2-4-12-5-3-11-19-16(12)15/h3,5,7-11,15,20H,2,4,6H2,1H3. The number of aromatic nitrogens is 1. The number of aliphatic hydroxyl groups is 1. The highest BCUT2D eigenvalue weighted by atomic mass is 19.1. The van der Waals surface area contributed by atoms with Crippen molar-refractivity contribution in [3.05, 3.63) is 65.2 Å². The quantitative estimate of drug-likeness (QED) is 0.906. The van der Waals surface area contributed by atoms with Crippen molar-refractivity contribution in [1.82, 2.24) is 4.98 Å². The van der Waals surface area contributed by atoms with Crippen LogP contribution in [0.1, 0.15) is 42.5 Å². The molecule has 1 aromatic carbocycles. The summed E-state index contributed by atoms with van der Waals surface area (Å²) in [6, 6.07) is 10.1. The van der Waals surface area contributed by atoms with Gasteiger partial charge in [0.1, 0.15) is 5.82 Å². The highest BCUT2D eigenvalue weighted by Gasteiger charge is 2.38. The van der Waals surface area contributed by atoms with E-state index in [1.807, 2.05) is 6.07 Å². The van der Waals surface area contributed by atoms with E-state index >= 15 is 0 Å². The lowest BCUT2D eigenvalue weighted by atomic mass is 9.73. The smallest absolute Gasteiger partial charge is 0.123 e. The molecule has 0 fully saturated rings. The van der Waals surface area contributed by atoms with E-state index in [0.29, 0.717) is 0 Å². The molecule has 0 saturated carbocycles. The van der Waals surface area contributed by atoms with Gasteiger partial charge >= 0.3 is 0 Å². The average Bonchev–Trinajstić information content (AvgIpc) is 2.47. The van der Waals surface area contributed by atoms with Crippen LogP contribution in [0.3, 0.4) is 0 Å². The molecule has 0 bridgehead atoms. The summed E-state index contributed by atoms with van der Waals surface area (Å²) in [5, 5.41) is 11.0. The zero-order valence-electron chi connectivity index (χ0n) is 11.5. The molecule has 1 heterocycles. The first-order valence-corrected chi connectivity index (χ1v) is 7.01. The Hall–Kier alpha value is -1.74. The van der Waals surface area contributed by atoms with Gasteiger partial charge < -0.3 is 5.11 Å². The van der Waals surface area contributed by atoms with Crippen LogP contribution in [0.2, 0.25) is 0 Å². The topological polar surface area (TPSA) is 33.1 Å². The summed E-state index contributed by atoms with van der Waals surface area (Å²) >= 11 is 0. The molecular formula is C17H18FNO. The zero-order valence-corrected chi connectivity index (χ0v) is 11.5. The predicted octanol–water partition coefficient (Wildman–Crippen LogP) is 3.55. The van der Waals surface area contributed by atoms with E-state index in [2.05, 4.69) is 11.1 Å². The maximum absolute atomic E-state index is 13.1. The molecular weight excluding hydrogens is 253 g/mol. The van der Waals surface area contributed by atoms with E-state index in [0.717, 1.165) is 30.5 Å². The molecule has 104 valence electrons. The second-order valence-electron chi connectivity index (χ2n) is 5.65. The van der Waals surface area contributed by atoms with Crippen LogP contribution in [0.5, 0.6) is 0 Å². The molecule has 1 aliphatic carbocycles. The molecule has 0 amide bonds. The summed E-state index contributed by atoms with van der Waals surface area (Å²) < 4.78 is 13.1. The van der Waals surface area contributed by atoms with Crippen LogP contribution < -0.4 is 0 Å². The Balaban J connectivity index is 2.02. The van der Waals surface area contributed by atoms with Crippen LogP contribution in [-0.4, -0.2) is 10.1 Å². The first-order valence-electron chi connectivity index (χ1n) is 7.01. The van der Waals surface area contributed by atoms with Crippen molar-refractivity contribution in [2.45, 2.75) is 37.7 Å². The van der Waals surface area contributed by atoms with Crippen LogP contribution >= 0.6 is 0 Å². The van der Waals surface area contributed by atoms with E-state index in [9.17, 15) is 9.50 Å². The molecule has 0 spiro atoms. The molecule has 0 saturated heterocycles. The van der Waals surface area contributed by atoms with Crippen molar-refractivity contribution in [1.29, 1.82) is 0 Å². The van der Waals surface area contributed by atoms with E-state index in [1.54, 1.807) is 25.3 Å². The van der Waals surface area contributed by atoms with Crippen LogP contribution in [0, 0.1) is 5.82 Å². The number of pyridine rings is 1. The van der Waals surface area contributed by atoms with Gasteiger partial charge in [-0.15, -0.1) is 0 Å². The number of nitrogens with zero attached hydrogens (tertiary/aromatic N) is 1. The first kappa shape index (κ1) is 13.3. The summed E-state index contributed by atoms with van der Waals surface area (Å²) in [6.45, 7) is 1.80. The van der Waals surface area contributed by atoms with E-state index in [4.69, 9.17) is 0 Å². The van der Waals surface area contributed by atoms with Gasteiger partial charge in [0, 0.05) is 17.8 Å². The molecule has 1 aromatic heterocycles. The summed E-state index contributed by atoms with van der Waals surface area (Å²) in [4.78, 5) is 4.48. The number of hydrogen-bond donors (Lipinski definition) is 1. The number of rotatable bonds is 2. The lowest BCUT2D eigenvalue weighted by molar-refractivity contribution is 0.0188. The third kappa shape index (κ3) is 2.22. The summed E-state index contributed by atoms with van der Waals surface area (Å²) in [7, 11) is 0. The second kappa shape index (κ2) is 4.98. The minimum absolute atomic E-state index is 0.0436. The van der Waals surface area contributed by atoms with Crippen LogP contribution in [0.15, 0.2) is 42.6 Å². The van der Waals surface area contributed by atoms with Crippen molar-refractivity contribution in [3.63, 3.8) is 0 Å². The third-order valence-corrected chi connectivity index (χ3v) is 4.30. The first-order chi connectivity index (χ1) is 9.59. The Bertz CT molecular complexity index is 607. The number of halogens is 1. The second-order valence-corrected chi connectivity index (χ2v) is 5.65. The Morgan fingerprint density at radius 1 is 1.25 bits per heavy atom. The van der Waals surface area contributed by atoms with Crippen molar-refractivity contribution in [3.8, 4) is 0 Å². The molecule has 2 nitrogen and oxygen atoms in total. The fraction of sp³-hybridized carbons (Fsp3) is 0.353. The van der Waals surface area contributed by atoms with Gasteiger partial charge in [-0.25, -0.2) is 4.39 Å². The molecule has 20 heavy (non-hydrogen) atoms. The molecule has 0 radical (unpaired) electrons. The minimum atomic E-state index is -1.03. The third-order valence-electron chi connectivity index (χ3n) is 4.30. The average molecular weight is 271 g/mol. The molecule has 3 heteroatoms. The largest absolute Gasteiger partial charge is 0.385 e. The Morgan fingerprint density at radius 3 is 2.75 bits per heavy atom. The van der Waals surface area contributed by atoms with Gasteiger partial charge in [-0.2, -0.15) is 0 Å². The van der Waals surface area contributed by atoms with Crippen molar-refractivity contribution in [2.24, 2.45) is 0 Å². The van der Waals surface area contributed by atoms with Crippen LogP contribution in [-0.2, 0) is 12.0 Å². The van der Waals surface area contributed by atoms with Gasteiger partial charge in [0.05, 0.1) is 5.60 Å². The SMILES string of the molecule is CC(O)(c1ccc(F)cc1)C1CCCc2cccnc21. The van der Waals surface area contributed by atoms with Crippen molar-refractivity contribution < 1.29 is 9.50 Å². The fourth-order valence-corrected chi connectivity index (χ4v) is 3.15. The highest BCUT2D eigenvalue weighted by molar-refractivity contribution is 5.33. The Morgan fingerprint density at radius 2 is 2.00 bits per heavy atom. The molecule has 2 unspecified atom stereocenters. The lowest BCUT2D eigenvalue weighted by Crippen LogP contribution is -2.33. The van der Waals surface area contributed by atoms with Crippen molar-refractivity contribution in [2.75, 3.05) is 0 Å². The van der Waals surface area contributed by atoms with E-state index < -0.39 is 5.60 Å². The maximum atomic E-state index is 13.1. The molecule has 1 aliphatic rings.